The summed E-state index contributed by atoms with van der Waals surface area (Å²) in [7, 11) is 0. The molecule has 2 aliphatic rings. The van der Waals surface area contributed by atoms with Crippen molar-refractivity contribution in [2.45, 2.75) is 4.90 Å². The van der Waals surface area contributed by atoms with Crippen molar-refractivity contribution in [3.05, 3.63) is 28.3 Å². The molecule has 0 aromatic heterocycles. The molecule has 5 nitrogen and oxygen atoms in total. The van der Waals surface area contributed by atoms with Gasteiger partial charge in [-0.25, -0.2) is 0 Å². The first-order valence-electron chi connectivity index (χ1n) is 4.54. The van der Waals surface area contributed by atoms with E-state index in [-0.39, 0.29) is 10.6 Å². The number of nitro groups is 1. The highest BCUT2D eigenvalue weighted by Gasteiger charge is 2.30. The topological polar surface area (TPSA) is 58.7 Å². The van der Waals surface area contributed by atoms with E-state index in [2.05, 4.69) is 9.89 Å². The van der Waals surface area contributed by atoms with Gasteiger partial charge in [0.2, 0.25) is 0 Å². The van der Waals surface area contributed by atoms with Crippen LogP contribution in [-0.4, -0.2) is 23.2 Å². The maximum Gasteiger partial charge on any atom is 0.270 e. The minimum atomic E-state index is -0.369. The Morgan fingerprint density at radius 2 is 2.40 bits per heavy atom. The fourth-order valence-electron chi connectivity index (χ4n) is 1.76. The number of amidine groups is 1. The van der Waals surface area contributed by atoms with Crippen LogP contribution in [0.1, 0.15) is 0 Å². The van der Waals surface area contributed by atoms with Crippen LogP contribution in [0.4, 0.5) is 11.4 Å². The summed E-state index contributed by atoms with van der Waals surface area (Å²) in [6, 6.07) is 4.95. The second-order valence-electron chi connectivity index (χ2n) is 3.33. The second kappa shape index (κ2) is 2.96. The molecule has 3 rings (SSSR count). The van der Waals surface area contributed by atoms with E-state index >= 15 is 0 Å². The normalized spacial score (nSPS) is 17.3. The Balaban J connectivity index is 2.08. The van der Waals surface area contributed by atoms with E-state index in [0.29, 0.717) is 0 Å². The number of fused-ring (bicyclic) bond motifs is 3. The Labute approximate surface area is 89.9 Å². The summed E-state index contributed by atoms with van der Waals surface area (Å²) in [5.41, 5.74) is 1.19. The van der Waals surface area contributed by atoms with Crippen LogP contribution in [0, 0.1) is 10.1 Å². The Morgan fingerprint density at radius 3 is 3.20 bits per heavy atom. The lowest BCUT2D eigenvalue weighted by Crippen LogP contribution is -2.20. The Hall–Kier alpha value is -1.56. The van der Waals surface area contributed by atoms with Crippen molar-refractivity contribution < 1.29 is 4.92 Å². The quantitative estimate of drug-likeness (QED) is 0.536. The molecule has 0 aliphatic carbocycles. The SMILES string of the molecule is O=[N+]([O-])c1ccc2c(c1)SC1=NCCN12. The summed E-state index contributed by atoms with van der Waals surface area (Å²) in [6.45, 7) is 1.70. The minimum absolute atomic E-state index is 0.142. The largest absolute Gasteiger partial charge is 0.318 e. The van der Waals surface area contributed by atoms with Gasteiger partial charge in [-0.1, -0.05) is 0 Å². The van der Waals surface area contributed by atoms with Gasteiger partial charge in [0.1, 0.15) is 0 Å². The zero-order valence-electron chi connectivity index (χ0n) is 7.71. The van der Waals surface area contributed by atoms with Gasteiger partial charge in [0, 0.05) is 23.6 Å². The predicted molar refractivity (Wildman–Crippen MR) is 58.6 cm³/mol. The molecule has 0 amide bonds. The van der Waals surface area contributed by atoms with Crippen LogP contribution in [0.15, 0.2) is 28.1 Å². The second-order valence-corrected chi connectivity index (χ2v) is 4.34. The van der Waals surface area contributed by atoms with Crippen LogP contribution in [0.3, 0.4) is 0 Å². The first kappa shape index (κ1) is 8.72. The number of benzene rings is 1. The van der Waals surface area contributed by atoms with Gasteiger partial charge in [-0.15, -0.1) is 0 Å². The Bertz CT molecular complexity index is 486. The van der Waals surface area contributed by atoms with Crippen LogP contribution >= 0.6 is 11.8 Å². The summed E-state index contributed by atoms with van der Waals surface area (Å²) in [5, 5.41) is 11.6. The van der Waals surface area contributed by atoms with Crippen LogP contribution in [-0.2, 0) is 0 Å². The third-order valence-electron chi connectivity index (χ3n) is 2.45. The molecule has 0 atom stereocenters. The van der Waals surface area contributed by atoms with E-state index in [1.807, 2.05) is 0 Å². The number of thioether (sulfide) groups is 1. The highest BCUT2D eigenvalue weighted by Crippen LogP contribution is 2.43. The van der Waals surface area contributed by atoms with Crippen LogP contribution in [0.25, 0.3) is 0 Å². The number of hydrogen-bond donors (Lipinski definition) is 0. The molecule has 0 saturated heterocycles. The molecule has 0 spiro atoms. The molecule has 1 aromatic rings. The van der Waals surface area contributed by atoms with Crippen molar-refractivity contribution in [2.75, 3.05) is 18.0 Å². The molecule has 1 aromatic carbocycles. The molecular weight excluding hydrogens is 214 g/mol. The maximum absolute atomic E-state index is 10.6. The van der Waals surface area contributed by atoms with Gasteiger partial charge < -0.3 is 4.90 Å². The van der Waals surface area contributed by atoms with E-state index in [9.17, 15) is 10.1 Å². The molecule has 76 valence electrons. The van der Waals surface area contributed by atoms with Crippen LogP contribution in [0.2, 0.25) is 0 Å². The van der Waals surface area contributed by atoms with E-state index < -0.39 is 0 Å². The number of anilines is 1. The van der Waals surface area contributed by atoms with Gasteiger partial charge >= 0.3 is 0 Å². The monoisotopic (exact) mass is 221 g/mol. The molecule has 15 heavy (non-hydrogen) atoms. The number of hydrogen-bond acceptors (Lipinski definition) is 5. The summed E-state index contributed by atoms with van der Waals surface area (Å²) in [4.78, 5) is 17.6. The molecule has 0 fully saturated rings. The van der Waals surface area contributed by atoms with E-state index in [4.69, 9.17) is 0 Å². The highest BCUT2D eigenvalue weighted by atomic mass is 32.2. The average Bonchev–Trinajstić information content (AvgIpc) is 2.75. The number of nitrogens with zero attached hydrogens (tertiary/aromatic N) is 3. The van der Waals surface area contributed by atoms with E-state index in [1.54, 1.807) is 18.2 Å². The fraction of sp³-hybridized carbons (Fsp3) is 0.222. The van der Waals surface area contributed by atoms with E-state index in [0.717, 1.165) is 28.8 Å². The third-order valence-corrected chi connectivity index (χ3v) is 3.53. The van der Waals surface area contributed by atoms with Crippen molar-refractivity contribution in [3.8, 4) is 0 Å². The summed E-state index contributed by atoms with van der Waals surface area (Å²) < 4.78 is 0. The summed E-state index contributed by atoms with van der Waals surface area (Å²) in [5.74, 6) is 0. The van der Waals surface area contributed by atoms with Crippen LogP contribution in [0.5, 0.6) is 0 Å². The predicted octanol–water partition coefficient (Wildman–Crippen LogP) is 1.88. The standard InChI is InChI=1S/C9H7N3O2S/c13-12(14)6-1-2-7-8(5-6)15-9-10-3-4-11(7)9/h1-2,5H,3-4H2. The molecule has 0 N–H and O–H groups in total. The highest BCUT2D eigenvalue weighted by molar-refractivity contribution is 8.14. The average molecular weight is 221 g/mol. The van der Waals surface area contributed by atoms with Crippen molar-refractivity contribution in [1.29, 1.82) is 0 Å². The minimum Gasteiger partial charge on any atom is -0.318 e. The zero-order valence-corrected chi connectivity index (χ0v) is 8.53. The van der Waals surface area contributed by atoms with Gasteiger partial charge in [-0.2, -0.15) is 0 Å². The summed E-state index contributed by atoms with van der Waals surface area (Å²) in [6.07, 6.45) is 0. The molecule has 0 radical (unpaired) electrons. The number of aliphatic imine (C=N–C) groups is 1. The van der Waals surface area contributed by atoms with Crippen molar-refractivity contribution >= 4 is 28.3 Å². The first-order chi connectivity index (χ1) is 7.25. The molecule has 0 bridgehead atoms. The lowest BCUT2D eigenvalue weighted by Gasteiger charge is -2.11. The van der Waals surface area contributed by atoms with Gasteiger partial charge in [-0.3, -0.25) is 15.1 Å². The van der Waals surface area contributed by atoms with Crippen molar-refractivity contribution in [2.24, 2.45) is 4.99 Å². The zero-order chi connectivity index (χ0) is 10.4. The number of non-ortho nitro benzene ring substituents is 1. The lowest BCUT2D eigenvalue weighted by atomic mass is 10.2. The molecular formula is C9H7N3O2S. The van der Waals surface area contributed by atoms with Gasteiger partial charge in [-0.05, 0) is 17.8 Å². The molecule has 2 heterocycles. The van der Waals surface area contributed by atoms with Gasteiger partial charge in [0.25, 0.3) is 5.69 Å². The van der Waals surface area contributed by atoms with Gasteiger partial charge in [0.05, 0.1) is 17.2 Å². The maximum atomic E-state index is 10.6. The van der Waals surface area contributed by atoms with E-state index in [1.165, 1.54) is 11.8 Å². The number of nitro benzene ring substituents is 1. The van der Waals surface area contributed by atoms with Crippen molar-refractivity contribution in [3.63, 3.8) is 0 Å². The molecule has 2 aliphatic heterocycles. The fourth-order valence-corrected chi connectivity index (χ4v) is 2.87. The summed E-state index contributed by atoms with van der Waals surface area (Å²) >= 11 is 1.51. The Kier molecular flexibility index (Phi) is 1.72. The van der Waals surface area contributed by atoms with Crippen LogP contribution < -0.4 is 4.90 Å². The molecule has 0 unspecified atom stereocenters. The van der Waals surface area contributed by atoms with Gasteiger partial charge in [0.15, 0.2) is 5.17 Å². The first-order valence-corrected chi connectivity index (χ1v) is 5.35. The number of rotatable bonds is 1. The van der Waals surface area contributed by atoms with Crippen molar-refractivity contribution in [1.82, 2.24) is 0 Å². The smallest absolute Gasteiger partial charge is 0.270 e. The molecule has 6 heteroatoms. The Morgan fingerprint density at radius 1 is 1.53 bits per heavy atom. The lowest BCUT2D eigenvalue weighted by molar-refractivity contribution is -0.385. The third kappa shape index (κ3) is 1.21. The molecule has 0 saturated carbocycles.